The van der Waals surface area contributed by atoms with Crippen LogP contribution in [0, 0.1) is 5.82 Å². The summed E-state index contributed by atoms with van der Waals surface area (Å²) in [5, 5.41) is 2.55. The van der Waals surface area contributed by atoms with E-state index in [9.17, 15) is 17.6 Å². The molecule has 4 nitrogen and oxygen atoms in total. The first-order valence-corrected chi connectivity index (χ1v) is 8.51. The molecule has 0 saturated heterocycles. The number of amides is 1. The second kappa shape index (κ2) is 6.19. The Hall–Kier alpha value is -0.660. The molecule has 1 rings (SSSR count). The summed E-state index contributed by atoms with van der Waals surface area (Å²) in [7, 11) is 1.15. The molecule has 1 amide bonds. The van der Waals surface area contributed by atoms with E-state index < -0.39 is 20.8 Å². The van der Waals surface area contributed by atoms with E-state index in [1.165, 1.54) is 0 Å². The minimum absolute atomic E-state index is 0.0277. The van der Waals surface area contributed by atoms with Gasteiger partial charge in [-0.15, -0.1) is 0 Å². The topological polar surface area (TPSA) is 63.2 Å². The first kappa shape index (κ1) is 16.4. The highest BCUT2D eigenvalue weighted by Gasteiger charge is 2.21. The van der Waals surface area contributed by atoms with Crippen LogP contribution >= 0.6 is 26.6 Å². The average molecular weight is 373 g/mol. The molecule has 0 spiro atoms. The fraction of sp³-hybridized carbons (Fsp3) is 0.364. The minimum Gasteiger partial charge on any atom is -0.350 e. The summed E-state index contributed by atoms with van der Waals surface area (Å²) in [4.78, 5) is 11.5. The number of carbonyl (C=O) groups excluding carboxylic acids is 1. The summed E-state index contributed by atoms with van der Waals surface area (Å²) in [6, 6.07) is 1.67. The zero-order valence-corrected chi connectivity index (χ0v) is 13.4. The largest absolute Gasteiger partial charge is 0.350 e. The smallest absolute Gasteiger partial charge is 0.262 e. The van der Waals surface area contributed by atoms with Crippen LogP contribution in [0.3, 0.4) is 0 Å². The summed E-state index contributed by atoms with van der Waals surface area (Å²) in [5.74, 6) is -1.50. The van der Waals surface area contributed by atoms with Crippen LogP contribution < -0.4 is 5.32 Å². The first-order chi connectivity index (χ1) is 8.66. The van der Waals surface area contributed by atoms with E-state index in [-0.39, 0.29) is 21.0 Å². The van der Waals surface area contributed by atoms with Crippen molar-refractivity contribution in [2.75, 3.05) is 0 Å². The molecular formula is C11H12BrClFNO3S. The maximum atomic E-state index is 13.7. The molecule has 1 atom stereocenters. The van der Waals surface area contributed by atoms with E-state index in [1.54, 1.807) is 6.92 Å². The van der Waals surface area contributed by atoms with Gasteiger partial charge >= 0.3 is 0 Å². The molecule has 0 bridgehead atoms. The second-order valence-electron chi connectivity index (χ2n) is 3.98. The second-order valence-corrected chi connectivity index (χ2v) is 7.37. The number of halogens is 3. The molecule has 0 aromatic heterocycles. The lowest BCUT2D eigenvalue weighted by molar-refractivity contribution is 0.0935. The number of benzene rings is 1. The summed E-state index contributed by atoms with van der Waals surface area (Å²) in [6.45, 7) is 3.62. The van der Waals surface area contributed by atoms with Crippen LogP contribution in [0.25, 0.3) is 0 Å². The standard InChI is InChI=1S/C11H12BrClFNO3S/c1-3-6(2)15-11(16)7-4-10(19(13,17)18)8(12)5-9(7)14/h4-6H,3H2,1-2H3,(H,15,16). The molecule has 0 radical (unpaired) electrons. The Morgan fingerprint density at radius 3 is 2.58 bits per heavy atom. The zero-order valence-electron chi connectivity index (χ0n) is 10.2. The zero-order chi connectivity index (χ0) is 14.8. The number of hydrogen-bond acceptors (Lipinski definition) is 3. The molecule has 0 fully saturated rings. The third-order valence-corrected chi connectivity index (χ3v) is 4.80. The highest BCUT2D eigenvalue weighted by molar-refractivity contribution is 9.10. The Morgan fingerprint density at radius 2 is 2.11 bits per heavy atom. The van der Waals surface area contributed by atoms with Gasteiger partial charge in [0.15, 0.2) is 0 Å². The lowest BCUT2D eigenvalue weighted by Gasteiger charge is -2.12. The van der Waals surface area contributed by atoms with E-state index in [2.05, 4.69) is 21.2 Å². The van der Waals surface area contributed by atoms with Gasteiger partial charge in [0, 0.05) is 21.2 Å². The van der Waals surface area contributed by atoms with Crippen molar-refractivity contribution >= 4 is 41.6 Å². The lowest BCUT2D eigenvalue weighted by Crippen LogP contribution is -2.32. The van der Waals surface area contributed by atoms with Crippen LogP contribution in [0.2, 0.25) is 0 Å². The molecule has 106 valence electrons. The van der Waals surface area contributed by atoms with Gasteiger partial charge < -0.3 is 5.32 Å². The summed E-state index contributed by atoms with van der Waals surface area (Å²) >= 11 is 2.90. The molecule has 1 aromatic carbocycles. The van der Waals surface area contributed by atoms with Crippen LogP contribution in [-0.4, -0.2) is 20.4 Å². The van der Waals surface area contributed by atoms with E-state index in [0.29, 0.717) is 6.42 Å². The molecule has 8 heteroatoms. The minimum atomic E-state index is -4.06. The Balaban J connectivity index is 3.26. The molecule has 1 N–H and O–H groups in total. The molecule has 0 saturated carbocycles. The molecule has 0 aliphatic carbocycles. The van der Waals surface area contributed by atoms with E-state index in [0.717, 1.165) is 12.1 Å². The summed E-state index contributed by atoms with van der Waals surface area (Å²) in [5.41, 5.74) is -0.359. The SMILES string of the molecule is CCC(C)NC(=O)c1cc(S(=O)(=O)Cl)c(Br)cc1F. The molecule has 1 unspecified atom stereocenters. The van der Waals surface area contributed by atoms with Crippen molar-refractivity contribution in [3.05, 3.63) is 28.0 Å². The molecule has 0 aliphatic heterocycles. The third kappa shape index (κ3) is 4.15. The van der Waals surface area contributed by atoms with Crippen LogP contribution in [0.4, 0.5) is 4.39 Å². The summed E-state index contributed by atoms with van der Waals surface area (Å²) < 4.78 is 36.3. The van der Waals surface area contributed by atoms with Gasteiger partial charge in [0.05, 0.1) is 10.5 Å². The van der Waals surface area contributed by atoms with E-state index in [1.807, 2.05) is 6.92 Å². The normalized spacial score (nSPS) is 13.1. The van der Waals surface area contributed by atoms with Crippen molar-refractivity contribution in [1.82, 2.24) is 5.32 Å². The molecule has 0 aliphatic rings. The highest BCUT2D eigenvalue weighted by atomic mass is 79.9. The predicted molar refractivity (Wildman–Crippen MR) is 74.4 cm³/mol. The van der Waals surface area contributed by atoms with Crippen molar-refractivity contribution in [2.24, 2.45) is 0 Å². The molecule has 1 aromatic rings. The van der Waals surface area contributed by atoms with E-state index >= 15 is 0 Å². The fourth-order valence-electron chi connectivity index (χ4n) is 1.29. The monoisotopic (exact) mass is 371 g/mol. The summed E-state index contributed by atoms with van der Waals surface area (Å²) in [6.07, 6.45) is 0.671. The lowest BCUT2D eigenvalue weighted by atomic mass is 10.1. The van der Waals surface area contributed by atoms with Crippen molar-refractivity contribution in [2.45, 2.75) is 31.2 Å². The van der Waals surface area contributed by atoms with Gasteiger partial charge in [-0.05, 0) is 41.4 Å². The average Bonchev–Trinajstić information content (AvgIpc) is 2.26. The molecule has 19 heavy (non-hydrogen) atoms. The van der Waals surface area contributed by atoms with Crippen LogP contribution in [-0.2, 0) is 9.05 Å². The van der Waals surface area contributed by atoms with Crippen molar-refractivity contribution in [3.8, 4) is 0 Å². The van der Waals surface area contributed by atoms with Gasteiger partial charge in [-0.25, -0.2) is 12.8 Å². The van der Waals surface area contributed by atoms with Crippen LogP contribution in [0.1, 0.15) is 30.6 Å². The Kier molecular flexibility index (Phi) is 5.34. The van der Waals surface area contributed by atoms with Crippen molar-refractivity contribution in [1.29, 1.82) is 0 Å². The Labute approximate surface area is 123 Å². The van der Waals surface area contributed by atoms with Gasteiger partial charge in [-0.1, -0.05) is 6.92 Å². The van der Waals surface area contributed by atoms with Crippen molar-refractivity contribution in [3.63, 3.8) is 0 Å². The van der Waals surface area contributed by atoms with Crippen LogP contribution in [0.15, 0.2) is 21.5 Å². The van der Waals surface area contributed by atoms with Gasteiger partial charge in [-0.2, -0.15) is 0 Å². The van der Waals surface area contributed by atoms with Gasteiger partial charge in [0.25, 0.3) is 15.0 Å². The Morgan fingerprint density at radius 1 is 1.53 bits per heavy atom. The van der Waals surface area contributed by atoms with Gasteiger partial charge in [0.2, 0.25) is 0 Å². The maximum Gasteiger partial charge on any atom is 0.262 e. The maximum absolute atomic E-state index is 13.7. The number of nitrogens with one attached hydrogen (secondary N) is 1. The molecular weight excluding hydrogens is 361 g/mol. The van der Waals surface area contributed by atoms with Gasteiger partial charge in [0.1, 0.15) is 5.82 Å². The number of carbonyl (C=O) groups is 1. The van der Waals surface area contributed by atoms with Gasteiger partial charge in [-0.3, -0.25) is 4.79 Å². The molecule has 0 heterocycles. The predicted octanol–water partition coefficient (Wildman–Crippen LogP) is 3.04. The quantitative estimate of drug-likeness (QED) is 0.826. The number of rotatable bonds is 4. The highest BCUT2D eigenvalue weighted by Crippen LogP contribution is 2.28. The van der Waals surface area contributed by atoms with E-state index in [4.69, 9.17) is 10.7 Å². The fourth-order valence-corrected chi connectivity index (χ4v) is 3.46. The Bertz CT molecular complexity index is 606. The third-order valence-electron chi connectivity index (χ3n) is 2.52. The van der Waals surface area contributed by atoms with Crippen molar-refractivity contribution < 1.29 is 17.6 Å². The van der Waals surface area contributed by atoms with Crippen LogP contribution in [0.5, 0.6) is 0 Å². The number of hydrogen-bond donors (Lipinski definition) is 1. The first-order valence-electron chi connectivity index (χ1n) is 5.41.